The van der Waals surface area contributed by atoms with E-state index in [1.54, 1.807) is 0 Å². The number of anilines is 3. The van der Waals surface area contributed by atoms with E-state index in [0.29, 0.717) is 19.6 Å². The summed E-state index contributed by atoms with van der Waals surface area (Å²) in [6, 6.07) is 14.3. The summed E-state index contributed by atoms with van der Waals surface area (Å²) in [5, 5.41) is 3.15. The second-order valence-corrected chi connectivity index (χ2v) is 8.81. The number of nitrogens with zero attached hydrogens (tertiary/aromatic N) is 3. The van der Waals surface area contributed by atoms with Crippen LogP contribution >= 0.6 is 0 Å². The van der Waals surface area contributed by atoms with Gasteiger partial charge in [0.05, 0.1) is 30.3 Å². The van der Waals surface area contributed by atoms with Gasteiger partial charge in [0.15, 0.2) is 6.10 Å². The van der Waals surface area contributed by atoms with E-state index in [0.717, 1.165) is 68.5 Å². The number of ether oxygens (including phenoxy) is 2. The molecule has 32 heavy (non-hydrogen) atoms. The van der Waals surface area contributed by atoms with Gasteiger partial charge in [0.25, 0.3) is 5.91 Å². The zero-order valence-electron chi connectivity index (χ0n) is 18.8. The van der Waals surface area contributed by atoms with Crippen LogP contribution in [0.1, 0.15) is 12.0 Å². The Morgan fingerprint density at radius 3 is 2.44 bits per heavy atom. The first-order valence-electron chi connectivity index (χ1n) is 11.6. The number of likely N-dealkylation sites (N-methyl/N-ethyl adjacent to an activating group) is 1. The van der Waals surface area contributed by atoms with Crippen LogP contribution in [0.15, 0.2) is 42.5 Å². The van der Waals surface area contributed by atoms with Crippen LogP contribution in [-0.2, 0) is 16.0 Å². The monoisotopic (exact) mass is 436 g/mol. The summed E-state index contributed by atoms with van der Waals surface area (Å²) in [6.45, 7) is 7.08. The zero-order valence-corrected chi connectivity index (χ0v) is 18.8. The van der Waals surface area contributed by atoms with Crippen molar-refractivity contribution in [3.63, 3.8) is 0 Å². The van der Waals surface area contributed by atoms with Crippen LogP contribution in [0.25, 0.3) is 0 Å². The summed E-state index contributed by atoms with van der Waals surface area (Å²) >= 11 is 0. The molecule has 7 nitrogen and oxygen atoms in total. The van der Waals surface area contributed by atoms with Crippen molar-refractivity contribution in [2.45, 2.75) is 18.9 Å². The van der Waals surface area contributed by atoms with Crippen molar-refractivity contribution >= 4 is 23.0 Å². The molecule has 1 atom stereocenters. The van der Waals surface area contributed by atoms with Gasteiger partial charge in [0, 0.05) is 39.3 Å². The van der Waals surface area contributed by atoms with Gasteiger partial charge < -0.3 is 29.5 Å². The normalized spacial score (nSPS) is 21.6. The van der Waals surface area contributed by atoms with Crippen molar-refractivity contribution in [1.82, 2.24) is 4.90 Å². The fraction of sp³-hybridized carbons (Fsp3) is 0.480. The van der Waals surface area contributed by atoms with Crippen molar-refractivity contribution in [1.29, 1.82) is 0 Å². The Hall–Kier alpha value is -2.77. The Labute approximate surface area is 189 Å². The Balaban J connectivity index is 1.32. The topological polar surface area (TPSA) is 57.3 Å². The summed E-state index contributed by atoms with van der Waals surface area (Å²) in [5.74, 6) is 0.800. The number of fused-ring (bicyclic) bond motifs is 1. The number of carbonyl (C=O) groups is 1. The van der Waals surface area contributed by atoms with Crippen molar-refractivity contribution in [3.8, 4) is 5.75 Å². The molecular formula is C25H32N4O3. The Kier molecular flexibility index (Phi) is 6.19. The number of hydrogen-bond acceptors (Lipinski definition) is 6. The first-order valence-corrected chi connectivity index (χ1v) is 11.6. The second kappa shape index (κ2) is 9.38. The maximum atomic E-state index is 13.2. The summed E-state index contributed by atoms with van der Waals surface area (Å²) in [4.78, 5) is 20.2. The highest BCUT2D eigenvalue weighted by molar-refractivity contribution is 5.97. The number of para-hydroxylation sites is 3. The van der Waals surface area contributed by atoms with Crippen LogP contribution in [0.2, 0.25) is 0 Å². The van der Waals surface area contributed by atoms with E-state index < -0.39 is 6.10 Å². The number of aryl methyl sites for hydroxylation is 1. The SMILES string of the molecule is CN1CCN(c2cccc3c2OC(C(=O)Nc2ccccc2N2CCOCC2)CC3)CC1. The van der Waals surface area contributed by atoms with Crippen LogP contribution in [0.3, 0.4) is 0 Å². The highest BCUT2D eigenvalue weighted by atomic mass is 16.5. The molecule has 7 heteroatoms. The molecule has 2 aromatic carbocycles. The molecule has 0 aromatic heterocycles. The van der Waals surface area contributed by atoms with E-state index in [1.165, 1.54) is 5.56 Å². The lowest BCUT2D eigenvalue weighted by Crippen LogP contribution is -2.45. The first-order chi connectivity index (χ1) is 15.7. The minimum absolute atomic E-state index is 0.0791. The van der Waals surface area contributed by atoms with Crippen molar-refractivity contribution in [2.75, 3.05) is 74.6 Å². The van der Waals surface area contributed by atoms with Gasteiger partial charge in [-0.2, -0.15) is 0 Å². The largest absolute Gasteiger partial charge is 0.478 e. The Morgan fingerprint density at radius 2 is 1.62 bits per heavy atom. The van der Waals surface area contributed by atoms with Crippen LogP contribution in [0.5, 0.6) is 5.75 Å². The lowest BCUT2D eigenvalue weighted by Gasteiger charge is -2.37. The fourth-order valence-corrected chi connectivity index (χ4v) is 4.75. The molecule has 3 aliphatic rings. The molecule has 5 rings (SSSR count). The first kappa shape index (κ1) is 21.1. The molecule has 2 aromatic rings. The Bertz CT molecular complexity index is 952. The molecule has 0 bridgehead atoms. The number of hydrogen-bond donors (Lipinski definition) is 1. The van der Waals surface area contributed by atoms with Gasteiger partial charge in [-0.25, -0.2) is 0 Å². The average Bonchev–Trinajstić information content (AvgIpc) is 2.85. The molecule has 0 radical (unpaired) electrons. The summed E-state index contributed by atoms with van der Waals surface area (Å²) < 4.78 is 11.8. The van der Waals surface area contributed by atoms with Gasteiger partial charge >= 0.3 is 0 Å². The minimum Gasteiger partial charge on any atom is -0.478 e. The van der Waals surface area contributed by atoms with Crippen molar-refractivity contribution in [3.05, 3.63) is 48.0 Å². The van der Waals surface area contributed by atoms with Gasteiger partial charge in [0.2, 0.25) is 0 Å². The van der Waals surface area contributed by atoms with E-state index in [9.17, 15) is 4.79 Å². The number of piperazine rings is 1. The molecule has 1 amide bonds. The Morgan fingerprint density at radius 1 is 0.906 bits per heavy atom. The van der Waals surface area contributed by atoms with Crippen molar-refractivity contribution < 1.29 is 14.3 Å². The van der Waals surface area contributed by atoms with E-state index in [4.69, 9.17) is 9.47 Å². The lowest BCUT2D eigenvalue weighted by molar-refractivity contribution is -0.123. The van der Waals surface area contributed by atoms with Gasteiger partial charge in [-0.3, -0.25) is 4.79 Å². The maximum Gasteiger partial charge on any atom is 0.265 e. The smallest absolute Gasteiger partial charge is 0.265 e. The standard InChI is InChI=1S/C25H32N4O3/c1-27-11-13-28(14-12-27)22-8-4-5-19-9-10-23(32-24(19)22)25(30)26-20-6-2-3-7-21(20)29-15-17-31-18-16-29/h2-8,23H,9-18H2,1H3,(H,26,30). The minimum atomic E-state index is -0.492. The number of morpholine rings is 1. The number of amides is 1. The number of carbonyl (C=O) groups excluding carboxylic acids is 1. The summed E-state index contributed by atoms with van der Waals surface area (Å²) in [7, 11) is 2.16. The number of nitrogens with one attached hydrogen (secondary N) is 1. The zero-order chi connectivity index (χ0) is 21.9. The molecule has 1 unspecified atom stereocenters. The van der Waals surface area contributed by atoms with Crippen LogP contribution in [-0.4, -0.2) is 76.4 Å². The van der Waals surface area contributed by atoms with Crippen LogP contribution in [0.4, 0.5) is 17.1 Å². The van der Waals surface area contributed by atoms with E-state index >= 15 is 0 Å². The third-order valence-electron chi connectivity index (χ3n) is 6.66. The molecule has 0 aliphatic carbocycles. The predicted octanol–water partition coefficient (Wildman–Crippen LogP) is 2.61. The van der Waals surface area contributed by atoms with E-state index in [2.05, 4.69) is 51.3 Å². The van der Waals surface area contributed by atoms with Crippen molar-refractivity contribution in [2.24, 2.45) is 0 Å². The van der Waals surface area contributed by atoms with Gasteiger partial charge in [-0.05, 0) is 43.7 Å². The highest BCUT2D eigenvalue weighted by Gasteiger charge is 2.30. The fourth-order valence-electron chi connectivity index (χ4n) is 4.75. The van der Waals surface area contributed by atoms with Crippen LogP contribution in [0, 0.1) is 0 Å². The summed E-state index contributed by atoms with van der Waals surface area (Å²) in [5.41, 5.74) is 4.18. The molecule has 2 saturated heterocycles. The highest BCUT2D eigenvalue weighted by Crippen LogP contribution is 2.38. The third-order valence-corrected chi connectivity index (χ3v) is 6.66. The molecule has 3 heterocycles. The molecular weight excluding hydrogens is 404 g/mol. The molecule has 170 valence electrons. The van der Waals surface area contributed by atoms with Crippen LogP contribution < -0.4 is 19.9 Å². The van der Waals surface area contributed by atoms with E-state index in [-0.39, 0.29) is 5.91 Å². The van der Waals surface area contributed by atoms with Gasteiger partial charge in [0.1, 0.15) is 5.75 Å². The third kappa shape index (κ3) is 4.40. The molecule has 1 N–H and O–H groups in total. The van der Waals surface area contributed by atoms with Gasteiger partial charge in [-0.15, -0.1) is 0 Å². The number of rotatable bonds is 4. The maximum absolute atomic E-state index is 13.2. The molecule has 0 spiro atoms. The quantitative estimate of drug-likeness (QED) is 0.795. The number of benzene rings is 2. The molecule has 3 aliphatic heterocycles. The molecule has 0 saturated carbocycles. The van der Waals surface area contributed by atoms with Gasteiger partial charge in [-0.1, -0.05) is 24.3 Å². The average molecular weight is 437 g/mol. The molecule has 2 fully saturated rings. The van der Waals surface area contributed by atoms with E-state index in [1.807, 2.05) is 18.2 Å². The summed E-state index contributed by atoms with van der Waals surface area (Å²) in [6.07, 6.45) is 1.04. The predicted molar refractivity (Wildman–Crippen MR) is 127 cm³/mol. The second-order valence-electron chi connectivity index (χ2n) is 8.81. The lowest BCUT2D eigenvalue weighted by atomic mass is 10.00.